The van der Waals surface area contributed by atoms with Gasteiger partial charge in [0, 0.05) is 5.56 Å². The lowest BCUT2D eigenvalue weighted by Gasteiger charge is -2.11. The molecule has 0 bridgehead atoms. The molecule has 0 fully saturated rings. The van der Waals surface area contributed by atoms with Crippen molar-refractivity contribution in [3.8, 4) is 11.5 Å². The number of amides is 1. The maximum atomic E-state index is 12.7. The highest BCUT2D eigenvalue weighted by Crippen LogP contribution is 2.27. The van der Waals surface area contributed by atoms with E-state index in [1.54, 1.807) is 36.4 Å². The summed E-state index contributed by atoms with van der Waals surface area (Å²) in [5.41, 5.74) is 4.44. The number of nitrogens with zero attached hydrogens (tertiary/aromatic N) is 1. The second kappa shape index (κ2) is 9.14. The van der Waals surface area contributed by atoms with Gasteiger partial charge in [0.15, 0.2) is 0 Å². The summed E-state index contributed by atoms with van der Waals surface area (Å²) < 4.78 is 5.67. The number of benzene rings is 4. The van der Waals surface area contributed by atoms with Crippen LogP contribution >= 0.6 is 0 Å². The maximum absolute atomic E-state index is 12.7. The monoisotopic (exact) mass is 424 g/mol. The number of nitrogens with one attached hydrogen (secondary N) is 1. The Morgan fingerprint density at radius 1 is 0.938 bits per heavy atom. The van der Waals surface area contributed by atoms with Crippen molar-refractivity contribution in [1.82, 2.24) is 5.43 Å². The number of rotatable bonds is 5. The number of ether oxygens (including phenoxy) is 1. The normalized spacial score (nSPS) is 10.9. The lowest BCUT2D eigenvalue weighted by Crippen LogP contribution is -2.18. The molecule has 1 amide bonds. The van der Waals surface area contributed by atoms with Crippen molar-refractivity contribution >= 4 is 28.9 Å². The van der Waals surface area contributed by atoms with E-state index in [0.29, 0.717) is 16.9 Å². The first-order chi connectivity index (χ1) is 15.5. The van der Waals surface area contributed by atoms with E-state index in [1.807, 2.05) is 43.3 Å². The van der Waals surface area contributed by atoms with Crippen LogP contribution in [0.2, 0.25) is 0 Å². The van der Waals surface area contributed by atoms with Crippen LogP contribution in [0, 0.1) is 6.92 Å². The standard InChI is InChI=1S/C26H20N2O4/c1-17-7-6-9-19(15-17)26(31)32-24-14-13-18-8-2-3-10-20(18)22(24)16-27-28-25(30)21-11-4-5-12-23(21)29/h2-16,29H,1H3,(H,28,30). The molecule has 0 heterocycles. The Balaban J connectivity index is 1.64. The van der Waals surface area contributed by atoms with E-state index >= 15 is 0 Å². The van der Waals surface area contributed by atoms with Crippen LogP contribution in [0.3, 0.4) is 0 Å². The minimum atomic E-state index is -0.558. The third kappa shape index (κ3) is 4.49. The Morgan fingerprint density at radius 2 is 1.72 bits per heavy atom. The fraction of sp³-hybridized carbons (Fsp3) is 0.0385. The summed E-state index contributed by atoms with van der Waals surface area (Å²) in [7, 11) is 0. The SMILES string of the molecule is Cc1cccc(C(=O)Oc2ccc3ccccc3c2C=NNC(=O)c2ccccc2O)c1. The second-order valence-electron chi connectivity index (χ2n) is 7.17. The van der Waals surface area contributed by atoms with E-state index < -0.39 is 11.9 Å². The van der Waals surface area contributed by atoms with Crippen molar-refractivity contribution in [2.75, 3.05) is 0 Å². The van der Waals surface area contributed by atoms with E-state index in [0.717, 1.165) is 16.3 Å². The highest BCUT2D eigenvalue weighted by atomic mass is 16.5. The molecule has 0 aliphatic rings. The van der Waals surface area contributed by atoms with Gasteiger partial charge in [0.25, 0.3) is 5.91 Å². The van der Waals surface area contributed by atoms with E-state index in [-0.39, 0.29) is 11.3 Å². The molecule has 0 saturated carbocycles. The van der Waals surface area contributed by atoms with Crippen molar-refractivity contribution in [1.29, 1.82) is 0 Å². The number of carbonyl (C=O) groups is 2. The topological polar surface area (TPSA) is 88.0 Å². The Morgan fingerprint density at radius 3 is 2.53 bits per heavy atom. The van der Waals surface area contributed by atoms with Crippen molar-refractivity contribution < 1.29 is 19.4 Å². The minimum Gasteiger partial charge on any atom is -0.507 e. The molecule has 6 nitrogen and oxygen atoms in total. The average molecular weight is 424 g/mol. The van der Waals surface area contributed by atoms with Crippen molar-refractivity contribution in [2.45, 2.75) is 6.92 Å². The molecular weight excluding hydrogens is 404 g/mol. The minimum absolute atomic E-state index is 0.105. The van der Waals surface area contributed by atoms with Gasteiger partial charge in [-0.1, -0.05) is 60.2 Å². The van der Waals surface area contributed by atoms with Gasteiger partial charge in [-0.2, -0.15) is 5.10 Å². The molecule has 0 aromatic heterocycles. The zero-order chi connectivity index (χ0) is 22.5. The molecule has 0 aliphatic heterocycles. The van der Waals surface area contributed by atoms with Crippen LogP contribution in [0.25, 0.3) is 10.8 Å². The largest absolute Gasteiger partial charge is 0.507 e. The first kappa shape index (κ1) is 20.8. The van der Waals surface area contributed by atoms with Crippen LogP contribution in [-0.2, 0) is 0 Å². The molecular formula is C26H20N2O4. The Bertz CT molecular complexity index is 1340. The third-order valence-corrected chi connectivity index (χ3v) is 4.90. The first-order valence-corrected chi connectivity index (χ1v) is 9.95. The van der Waals surface area contributed by atoms with E-state index in [4.69, 9.17) is 4.74 Å². The van der Waals surface area contributed by atoms with Crippen LogP contribution < -0.4 is 10.2 Å². The quantitative estimate of drug-likeness (QED) is 0.208. The lowest BCUT2D eigenvalue weighted by molar-refractivity contribution is 0.0734. The van der Waals surface area contributed by atoms with Crippen molar-refractivity contribution in [3.05, 3.63) is 107 Å². The molecule has 0 saturated heterocycles. The maximum Gasteiger partial charge on any atom is 0.343 e. The van der Waals surface area contributed by atoms with Gasteiger partial charge in [-0.15, -0.1) is 0 Å². The molecule has 158 valence electrons. The Kier molecular flexibility index (Phi) is 5.94. The fourth-order valence-corrected chi connectivity index (χ4v) is 3.31. The summed E-state index contributed by atoms with van der Waals surface area (Å²) in [6.45, 7) is 1.90. The summed E-state index contributed by atoms with van der Waals surface area (Å²) in [5, 5.41) is 15.6. The predicted octanol–water partition coefficient (Wildman–Crippen LogP) is 4.84. The number of aromatic hydroxyl groups is 1. The highest BCUT2D eigenvalue weighted by molar-refractivity contribution is 6.04. The van der Waals surface area contributed by atoms with Crippen LogP contribution in [0.1, 0.15) is 31.8 Å². The third-order valence-electron chi connectivity index (χ3n) is 4.90. The van der Waals surface area contributed by atoms with Gasteiger partial charge < -0.3 is 9.84 Å². The summed E-state index contributed by atoms with van der Waals surface area (Å²) in [6, 6.07) is 24.5. The van der Waals surface area contributed by atoms with Gasteiger partial charge in [-0.05, 0) is 48.0 Å². The molecule has 2 N–H and O–H groups in total. The number of fused-ring (bicyclic) bond motifs is 1. The molecule has 4 aromatic carbocycles. The van der Waals surface area contributed by atoms with E-state index in [1.165, 1.54) is 18.3 Å². The molecule has 0 spiro atoms. The number of hydrogen-bond donors (Lipinski definition) is 2. The Hall–Kier alpha value is -4.45. The van der Waals surface area contributed by atoms with Gasteiger partial charge in [0.05, 0.1) is 17.3 Å². The van der Waals surface area contributed by atoms with Crippen LogP contribution in [-0.4, -0.2) is 23.2 Å². The predicted molar refractivity (Wildman–Crippen MR) is 123 cm³/mol. The smallest absolute Gasteiger partial charge is 0.343 e. The van der Waals surface area contributed by atoms with Gasteiger partial charge in [-0.25, -0.2) is 10.2 Å². The number of hydrazone groups is 1. The Labute approximate surface area is 184 Å². The number of hydrogen-bond acceptors (Lipinski definition) is 5. The average Bonchev–Trinajstić information content (AvgIpc) is 2.80. The molecule has 4 rings (SSSR count). The molecule has 0 radical (unpaired) electrons. The highest BCUT2D eigenvalue weighted by Gasteiger charge is 2.14. The molecule has 32 heavy (non-hydrogen) atoms. The number of aryl methyl sites for hydroxylation is 1. The number of phenols is 1. The van der Waals surface area contributed by atoms with Gasteiger partial charge in [0.2, 0.25) is 0 Å². The summed E-state index contributed by atoms with van der Waals surface area (Å²) in [6.07, 6.45) is 1.43. The van der Waals surface area contributed by atoms with Gasteiger partial charge >= 0.3 is 5.97 Å². The van der Waals surface area contributed by atoms with Crippen LogP contribution in [0.15, 0.2) is 90.0 Å². The van der Waals surface area contributed by atoms with Crippen molar-refractivity contribution in [3.63, 3.8) is 0 Å². The fourth-order valence-electron chi connectivity index (χ4n) is 3.31. The number of phenolic OH excluding ortho intramolecular Hbond substituents is 1. The summed E-state index contributed by atoms with van der Waals surface area (Å²) >= 11 is 0. The molecule has 0 unspecified atom stereocenters. The van der Waals surface area contributed by atoms with Crippen LogP contribution in [0.5, 0.6) is 11.5 Å². The molecule has 0 atom stereocenters. The van der Waals surface area contributed by atoms with E-state index in [9.17, 15) is 14.7 Å². The molecule has 4 aromatic rings. The van der Waals surface area contributed by atoms with Crippen LogP contribution in [0.4, 0.5) is 0 Å². The number of para-hydroxylation sites is 1. The second-order valence-corrected chi connectivity index (χ2v) is 7.17. The summed E-state index contributed by atoms with van der Waals surface area (Å²) in [4.78, 5) is 25.0. The zero-order valence-corrected chi connectivity index (χ0v) is 17.3. The lowest BCUT2D eigenvalue weighted by atomic mass is 10.0. The zero-order valence-electron chi connectivity index (χ0n) is 17.3. The van der Waals surface area contributed by atoms with Crippen molar-refractivity contribution in [2.24, 2.45) is 5.10 Å². The van der Waals surface area contributed by atoms with E-state index in [2.05, 4.69) is 10.5 Å². The summed E-state index contributed by atoms with van der Waals surface area (Å²) in [5.74, 6) is -0.872. The first-order valence-electron chi connectivity index (χ1n) is 9.95. The number of esters is 1. The molecule has 0 aliphatic carbocycles. The van der Waals surface area contributed by atoms with Gasteiger partial charge in [0.1, 0.15) is 11.5 Å². The molecule has 6 heteroatoms. The number of carbonyl (C=O) groups excluding carboxylic acids is 2. The van der Waals surface area contributed by atoms with Gasteiger partial charge in [-0.3, -0.25) is 4.79 Å².